The van der Waals surface area contributed by atoms with Gasteiger partial charge >= 0.3 is 7.12 Å². The Labute approximate surface area is 220 Å². The number of halogens is 1. The van der Waals surface area contributed by atoms with Gasteiger partial charge in [0, 0.05) is 13.1 Å². The number of nitrogens with zero attached hydrogens (tertiary/aromatic N) is 1. The fourth-order valence-electron chi connectivity index (χ4n) is 6.67. The Morgan fingerprint density at radius 2 is 1.86 bits per heavy atom. The normalized spacial score (nSPS) is 31.9. The summed E-state index contributed by atoms with van der Waals surface area (Å²) in [5.41, 5.74) is 7.15. The summed E-state index contributed by atoms with van der Waals surface area (Å²) in [6, 6.07) is 9.06. The van der Waals surface area contributed by atoms with Gasteiger partial charge in [0.1, 0.15) is 0 Å². The van der Waals surface area contributed by atoms with Gasteiger partial charge in [0.05, 0.1) is 43.3 Å². The average molecular weight is 520 g/mol. The molecule has 198 valence electrons. The largest absolute Gasteiger partial charge is 0.482 e. The van der Waals surface area contributed by atoms with Crippen LogP contribution in [-0.2, 0) is 30.1 Å². The van der Waals surface area contributed by atoms with Crippen LogP contribution in [0.2, 0.25) is 0 Å². The van der Waals surface area contributed by atoms with Crippen LogP contribution in [0, 0.1) is 17.3 Å². The molecule has 10 heteroatoms. The second kappa shape index (κ2) is 10.6. The maximum absolute atomic E-state index is 13.1. The van der Waals surface area contributed by atoms with Gasteiger partial charge in [-0.05, 0) is 49.0 Å². The number of benzene rings is 1. The zero-order chi connectivity index (χ0) is 24.8. The van der Waals surface area contributed by atoms with E-state index >= 15 is 0 Å². The van der Waals surface area contributed by atoms with Crippen molar-refractivity contribution in [1.82, 2.24) is 10.2 Å². The predicted molar refractivity (Wildman–Crippen MR) is 139 cm³/mol. The van der Waals surface area contributed by atoms with Crippen LogP contribution in [0.4, 0.5) is 0 Å². The smallest absolute Gasteiger partial charge is 0.404 e. The molecule has 2 unspecified atom stereocenters. The van der Waals surface area contributed by atoms with E-state index in [1.54, 1.807) is 4.90 Å². The number of hydrogen-bond donors (Lipinski definition) is 2. The predicted octanol–water partition coefficient (Wildman–Crippen LogP) is 1.98. The van der Waals surface area contributed by atoms with Crippen LogP contribution in [0.25, 0.3) is 0 Å². The van der Waals surface area contributed by atoms with Crippen LogP contribution in [0.3, 0.4) is 0 Å². The van der Waals surface area contributed by atoms with Crippen molar-refractivity contribution < 1.29 is 23.6 Å². The summed E-state index contributed by atoms with van der Waals surface area (Å²) in [6.07, 6.45) is 2.70. The quantitative estimate of drug-likeness (QED) is 0.534. The van der Waals surface area contributed by atoms with E-state index in [1.165, 1.54) is 6.42 Å². The number of carbonyl (C=O) groups is 2. The highest BCUT2D eigenvalue weighted by atomic mass is 35.5. The number of carbonyl (C=O) groups excluding carboxylic acids is 2. The molecule has 2 heterocycles. The SMILES string of the molecule is CC1(C)[C@@H]2C[C@H]3OB(C(Cc4ccccc4)NC(=O)C(N)CC(=O)N4CCOCC4)O[C@@]3(C)[C@H]1C2.Cl. The number of nitrogens with one attached hydrogen (secondary N) is 1. The molecule has 3 N–H and O–H groups in total. The van der Waals surface area contributed by atoms with E-state index in [0.717, 1.165) is 12.0 Å². The molecule has 0 aromatic heterocycles. The third-order valence-corrected chi connectivity index (χ3v) is 9.02. The number of ether oxygens (including phenoxy) is 1. The van der Waals surface area contributed by atoms with Crippen molar-refractivity contribution in [3.63, 3.8) is 0 Å². The molecule has 2 amide bonds. The van der Waals surface area contributed by atoms with E-state index < -0.39 is 19.1 Å². The molecule has 5 aliphatic rings. The highest BCUT2D eigenvalue weighted by molar-refractivity contribution is 6.48. The first-order valence-corrected chi connectivity index (χ1v) is 13.0. The summed E-state index contributed by atoms with van der Waals surface area (Å²) in [6.45, 7) is 8.93. The molecule has 0 radical (unpaired) electrons. The Morgan fingerprint density at radius 3 is 2.53 bits per heavy atom. The van der Waals surface area contributed by atoms with Gasteiger partial charge in [-0.3, -0.25) is 9.59 Å². The van der Waals surface area contributed by atoms with Gasteiger partial charge in [-0.15, -0.1) is 12.4 Å². The summed E-state index contributed by atoms with van der Waals surface area (Å²) >= 11 is 0. The van der Waals surface area contributed by atoms with Crippen molar-refractivity contribution in [3.05, 3.63) is 35.9 Å². The second-order valence-electron chi connectivity index (χ2n) is 11.4. The van der Waals surface area contributed by atoms with E-state index in [2.05, 4.69) is 26.1 Å². The molecule has 6 atom stereocenters. The fourth-order valence-corrected chi connectivity index (χ4v) is 6.67. The van der Waals surface area contributed by atoms with Crippen LogP contribution in [0.1, 0.15) is 45.6 Å². The Bertz CT molecular complexity index is 947. The van der Waals surface area contributed by atoms with E-state index in [-0.39, 0.29) is 47.8 Å². The van der Waals surface area contributed by atoms with Crippen molar-refractivity contribution in [3.8, 4) is 0 Å². The highest BCUT2D eigenvalue weighted by Gasteiger charge is 2.68. The monoisotopic (exact) mass is 519 g/mol. The molecule has 5 fully saturated rings. The third kappa shape index (κ3) is 5.05. The zero-order valence-corrected chi connectivity index (χ0v) is 22.3. The number of morpholine rings is 1. The summed E-state index contributed by atoms with van der Waals surface area (Å²) in [4.78, 5) is 27.5. The van der Waals surface area contributed by atoms with Crippen LogP contribution < -0.4 is 11.1 Å². The first-order valence-electron chi connectivity index (χ1n) is 13.0. The molecule has 2 saturated heterocycles. The van der Waals surface area contributed by atoms with Gasteiger partial charge in [-0.2, -0.15) is 0 Å². The van der Waals surface area contributed by atoms with Crippen molar-refractivity contribution in [2.45, 2.75) is 70.1 Å². The topological polar surface area (TPSA) is 103 Å². The molecule has 2 bridgehead atoms. The molecule has 3 saturated carbocycles. The molecule has 0 spiro atoms. The standard InChI is InChI=1S/C26H38BN3O5.ClH/c1-25(2)18-14-20(25)26(3)21(15-18)34-27(35-26)22(13-17-7-5-4-6-8-17)29-24(32)19(28)16-23(31)30-9-11-33-12-10-30;/h4-8,18-22H,9-16,28H2,1-3H3,(H,29,32);1H/t18-,19?,20-,21+,22?,26-;/m0./s1. The number of rotatable bonds is 7. The van der Waals surface area contributed by atoms with Gasteiger partial charge in [0.15, 0.2) is 0 Å². The number of nitrogens with two attached hydrogens (primary N) is 1. The number of hydrogen-bond acceptors (Lipinski definition) is 6. The van der Waals surface area contributed by atoms with Crippen LogP contribution in [0.5, 0.6) is 0 Å². The first-order chi connectivity index (χ1) is 16.7. The maximum Gasteiger partial charge on any atom is 0.482 e. The summed E-state index contributed by atoms with van der Waals surface area (Å²) in [5, 5.41) is 3.08. The molecule has 2 aliphatic heterocycles. The van der Waals surface area contributed by atoms with Crippen molar-refractivity contribution in [2.24, 2.45) is 23.0 Å². The Balaban J connectivity index is 0.00000304. The number of amides is 2. The van der Waals surface area contributed by atoms with Crippen LogP contribution >= 0.6 is 12.4 Å². The van der Waals surface area contributed by atoms with Gasteiger partial charge in [-0.1, -0.05) is 44.2 Å². The molecular formula is C26H39BClN3O5. The lowest BCUT2D eigenvalue weighted by molar-refractivity contribution is -0.199. The Hall–Kier alpha value is -1.65. The lowest BCUT2D eigenvalue weighted by Gasteiger charge is -2.64. The minimum atomic E-state index is -0.936. The zero-order valence-electron chi connectivity index (χ0n) is 21.5. The van der Waals surface area contributed by atoms with E-state index in [1.807, 2.05) is 30.3 Å². The van der Waals surface area contributed by atoms with Crippen molar-refractivity contribution >= 4 is 31.3 Å². The maximum atomic E-state index is 13.1. The lowest BCUT2D eigenvalue weighted by atomic mass is 9.43. The lowest BCUT2D eigenvalue weighted by Crippen LogP contribution is -2.65. The molecule has 1 aromatic carbocycles. The van der Waals surface area contributed by atoms with E-state index in [0.29, 0.717) is 44.6 Å². The average Bonchev–Trinajstić information content (AvgIpc) is 3.21. The summed E-state index contributed by atoms with van der Waals surface area (Å²) < 4.78 is 18.5. The first kappa shape index (κ1) is 27.4. The summed E-state index contributed by atoms with van der Waals surface area (Å²) in [5.74, 6) is 0.200. The van der Waals surface area contributed by atoms with E-state index in [9.17, 15) is 9.59 Å². The molecular weight excluding hydrogens is 481 g/mol. The summed E-state index contributed by atoms with van der Waals surface area (Å²) in [7, 11) is -0.563. The highest BCUT2D eigenvalue weighted by Crippen LogP contribution is 2.65. The van der Waals surface area contributed by atoms with E-state index in [4.69, 9.17) is 19.8 Å². The Morgan fingerprint density at radius 1 is 1.17 bits per heavy atom. The fraction of sp³-hybridized carbons (Fsp3) is 0.692. The Kier molecular flexibility index (Phi) is 8.08. The molecule has 1 aromatic rings. The second-order valence-corrected chi connectivity index (χ2v) is 11.4. The van der Waals surface area contributed by atoms with Crippen LogP contribution in [-0.4, -0.2) is 73.8 Å². The van der Waals surface area contributed by atoms with Crippen LogP contribution in [0.15, 0.2) is 30.3 Å². The molecule has 3 aliphatic carbocycles. The third-order valence-electron chi connectivity index (χ3n) is 9.02. The van der Waals surface area contributed by atoms with Gasteiger partial charge < -0.3 is 30.0 Å². The molecule has 36 heavy (non-hydrogen) atoms. The van der Waals surface area contributed by atoms with Gasteiger partial charge in [0.2, 0.25) is 11.8 Å². The van der Waals surface area contributed by atoms with Gasteiger partial charge in [-0.25, -0.2) is 0 Å². The molecule has 6 rings (SSSR count). The van der Waals surface area contributed by atoms with Crippen molar-refractivity contribution in [2.75, 3.05) is 26.3 Å². The van der Waals surface area contributed by atoms with Crippen molar-refractivity contribution in [1.29, 1.82) is 0 Å². The molecule has 8 nitrogen and oxygen atoms in total. The van der Waals surface area contributed by atoms with Gasteiger partial charge in [0.25, 0.3) is 0 Å². The minimum absolute atomic E-state index is 0. The minimum Gasteiger partial charge on any atom is -0.404 e.